The van der Waals surface area contributed by atoms with E-state index in [1.54, 1.807) is 12.1 Å². The van der Waals surface area contributed by atoms with Crippen molar-refractivity contribution in [2.75, 3.05) is 26.2 Å². The molecule has 2 saturated carbocycles. The maximum absolute atomic E-state index is 10.7. The molecular formula is C20H27N3O6. The zero-order valence-electron chi connectivity index (χ0n) is 16.3. The Labute approximate surface area is 169 Å². The van der Waals surface area contributed by atoms with E-state index < -0.39 is 11.9 Å². The second kappa shape index (κ2) is 9.32. The molecule has 3 atom stereocenters. The van der Waals surface area contributed by atoms with Crippen LogP contribution in [0.2, 0.25) is 0 Å². The fourth-order valence-electron chi connectivity index (χ4n) is 4.89. The third-order valence-electron chi connectivity index (χ3n) is 6.31. The Balaban J connectivity index is 0.000000353. The number of hydrogen-bond donors (Lipinski definition) is 2. The highest BCUT2D eigenvalue weighted by atomic mass is 16.6. The molecule has 1 aliphatic heterocycles. The van der Waals surface area contributed by atoms with Gasteiger partial charge in [-0.05, 0) is 36.7 Å². The number of rotatable bonds is 4. The predicted octanol–water partition coefficient (Wildman–Crippen LogP) is 2.06. The van der Waals surface area contributed by atoms with E-state index in [-0.39, 0.29) is 10.6 Å². The first-order valence-electron chi connectivity index (χ1n) is 9.99. The summed E-state index contributed by atoms with van der Waals surface area (Å²) >= 11 is 0. The number of nitro groups is 1. The first kappa shape index (κ1) is 21.2. The average molecular weight is 405 g/mol. The van der Waals surface area contributed by atoms with Crippen LogP contribution in [0.3, 0.4) is 0 Å². The molecule has 2 aliphatic carbocycles. The molecule has 1 heterocycles. The van der Waals surface area contributed by atoms with Crippen LogP contribution in [-0.4, -0.2) is 69.1 Å². The minimum Gasteiger partial charge on any atom is -0.473 e. The van der Waals surface area contributed by atoms with Crippen molar-refractivity contribution >= 4 is 17.6 Å². The molecule has 9 heteroatoms. The Kier molecular flexibility index (Phi) is 6.81. The van der Waals surface area contributed by atoms with Crippen LogP contribution < -0.4 is 0 Å². The molecule has 9 nitrogen and oxygen atoms in total. The van der Waals surface area contributed by atoms with Crippen molar-refractivity contribution in [1.82, 2.24) is 9.80 Å². The van der Waals surface area contributed by atoms with Gasteiger partial charge in [-0.3, -0.25) is 19.9 Å². The number of piperazine rings is 1. The Morgan fingerprint density at radius 2 is 1.62 bits per heavy atom. The molecule has 2 bridgehead atoms. The number of carboxylic acids is 2. The molecule has 4 rings (SSSR count). The highest BCUT2D eigenvalue weighted by Gasteiger charge is 2.42. The fourth-order valence-corrected chi connectivity index (χ4v) is 4.89. The molecule has 29 heavy (non-hydrogen) atoms. The normalized spacial score (nSPS) is 26.6. The summed E-state index contributed by atoms with van der Waals surface area (Å²) in [4.78, 5) is 33.8. The second-order valence-electron chi connectivity index (χ2n) is 8.09. The van der Waals surface area contributed by atoms with Crippen LogP contribution in [0.1, 0.15) is 31.2 Å². The second-order valence-corrected chi connectivity index (χ2v) is 8.09. The van der Waals surface area contributed by atoms with Gasteiger partial charge in [0.05, 0.1) is 4.92 Å². The summed E-state index contributed by atoms with van der Waals surface area (Å²) in [6, 6.07) is 7.86. The lowest BCUT2D eigenvalue weighted by atomic mass is 9.93. The first-order chi connectivity index (χ1) is 13.8. The van der Waals surface area contributed by atoms with Gasteiger partial charge in [-0.15, -0.1) is 0 Å². The van der Waals surface area contributed by atoms with Gasteiger partial charge in [0.1, 0.15) is 0 Å². The molecule has 1 saturated heterocycles. The lowest BCUT2D eigenvalue weighted by molar-refractivity contribution is -0.384. The molecule has 3 unspecified atom stereocenters. The Hall–Kier alpha value is -2.52. The van der Waals surface area contributed by atoms with Crippen LogP contribution in [0, 0.1) is 22.0 Å². The van der Waals surface area contributed by atoms with Crippen molar-refractivity contribution in [3.8, 4) is 0 Å². The number of non-ortho nitro benzene ring substituents is 1. The highest BCUT2D eigenvalue weighted by molar-refractivity contribution is 6.27. The molecule has 3 fully saturated rings. The summed E-state index contributed by atoms with van der Waals surface area (Å²) in [7, 11) is 0. The fraction of sp³-hybridized carbons (Fsp3) is 0.600. The number of nitrogens with zero attached hydrogens (tertiary/aromatic N) is 3. The van der Waals surface area contributed by atoms with E-state index >= 15 is 0 Å². The van der Waals surface area contributed by atoms with Crippen LogP contribution in [0.5, 0.6) is 0 Å². The molecule has 0 aromatic heterocycles. The number of nitro benzene ring substituents is 1. The van der Waals surface area contributed by atoms with Crippen molar-refractivity contribution in [2.45, 2.75) is 38.3 Å². The lowest BCUT2D eigenvalue weighted by Crippen LogP contribution is -2.51. The smallest absolute Gasteiger partial charge is 0.414 e. The van der Waals surface area contributed by atoms with Crippen molar-refractivity contribution in [2.24, 2.45) is 11.8 Å². The largest absolute Gasteiger partial charge is 0.473 e. The van der Waals surface area contributed by atoms with E-state index in [0.29, 0.717) is 0 Å². The topological polar surface area (TPSA) is 124 Å². The van der Waals surface area contributed by atoms with Crippen LogP contribution in [0.25, 0.3) is 0 Å². The van der Waals surface area contributed by atoms with Crippen molar-refractivity contribution in [1.29, 1.82) is 0 Å². The van der Waals surface area contributed by atoms with Gasteiger partial charge in [-0.25, -0.2) is 9.59 Å². The molecule has 1 aromatic rings. The van der Waals surface area contributed by atoms with E-state index in [4.69, 9.17) is 19.8 Å². The summed E-state index contributed by atoms with van der Waals surface area (Å²) in [6.07, 6.45) is 5.85. The predicted molar refractivity (Wildman–Crippen MR) is 104 cm³/mol. The van der Waals surface area contributed by atoms with Crippen LogP contribution in [0.15, 0.2) is 24.3 Å². The minimum absolute atomic E-state index is 0.176. The minimum atomic E-state index is -1.82. The molecule has 1 aromatic carbocycles. The van der Waals surface area contributed by atoms with Gasteiger partial charge >= 0.3 is 11.9 Å². The van der Waals surface area contributed by atoms with Crippen LogP contribution in [-0.2, 0) is 16.1 Å². The SMILES string of the molecule is O=C(O)C(=O)O.O=[N+]([O-])c1ccc(CN2CCN(C3CC4CCC3C4)CC2)cc1. The lowest BCUT2D eigenvalue weighted by Gasteiger charge is -2.41. The zero-order valence-corrected chi connectivity index (χ0v) is 16.3. The van der Waals surface area contributed by atoms with Gasteiger partial charge < -0.3 is 10.2 Å². The highest BCUT2D eigenvalue weighted by Crippen LogP contribution is 2.46. The van der Waals surface area contributed by atoms with Gasteiger partial charge in [0, 0.05) is 50.9 Å². The standard InChI is InChI=1S/C18H25N3O2.C2H2O4/c22-21(23)17-5-2-14(3-6-17)13-19-7-9-20(10-8-19)18-12-15-1-4-16(18)11-15;3-1(4)2(5)6/h2-3,5-6,15-16,18H,1,4,7-13H2;(H,3,4)(H,5,6). The Morgan fingerprint density at radius 1 is 1.00 bits per heavy atom. The van der Waals surface area contributed by atoms with Gasteiger partial charge in [-0.1, -0.05) is 18.6 Å². The summed E-state index contributed by atoms with van der Waals surface area (Å²) in [5.74, 6) is -1.66. The maximum Gasteiger partial charge on any atom is 0.414 e. The van der Waals surface area contributed by atoms with E-state index in [9.17, 15) is 10.1 Å². The summed E-state index contributed by atoms with van der Waals surface area (Å²) < 4.78 is 0. The average Bonchev–Trinajstić information content (AvgIpc) is 3.33. The quantitative estimate of drug-likeness (QED) is 0.443. The Morgan fingerprint density at radius 3 is 2.07 bits per heavy atom. The third-order valence-corrected chi connectivity index (χ3v) is 6.31. The van der Waals surface area contributed by atoms with Gasteiger partial charge in [0.2, 0.25) is 0 Å². The van der Waals surface area contributed by atoms with Crippen molar-refractivity contribution < 1.29 is 24.7 Å². The van der Waals surface area contributed by atoms with E-state index in [2.05, 4.69) is 9.80 Å². The molecule has 0 amide bonds. The van der Waals surface area contributed by atoms with Crippen molar-refractivity contribution in [3.05, 3.63) is 39.9 Å². The third kappa shape index (κ3) is 5.51. The first-order valence-corrected chi connectivity index (χ1v) is 9.99. The zero-order chi connectivity index (χ0) is 21.0. The number of carboxylic acid groups (broad SMARTS) is 2. The summed E-state index contributed by atoms with van der Waals surface area (Å²) in [5, 5.41) is 25.5. The van der Waals surface area contributed by atoms with E-state index in [1.807, 2.05) is 12.1 Å². The molecule has 2 N–H and O–H groups in total. The van der Waals surface area contributed by atoms with Crippen LogP contribution >= 0.6 is 0 Å². The number of benzene rings is 1. The molecular weight excluding hydrogens is 378 g/mol. The summed E-state index contributed by atoms with van der Waals surface area (Å²) in [5.41, 5.74) is 1.35. The number of aliphatic carboxylic acids is 2. The van der Waals surface area contributed by atoms with E-state index in [0.717, 1.165) is 37.5 Å². The maximum atomic E-state index is 10.7. The monoisotopic (exact) mass is 405 g/mol. The Bertz CT molecular complexity index is 733. The summed E-state index contributed by atoms with van der Waals surface area (Å²) in [6.45, 7) is 5.50. The number of carbonyl (C=O) groups is 2. The number of hydrogen-bond acceptors (Lipinski definition) is 6. The molecule has 158 valence electrons. The van der Waals surface area contributed by atoms with Gasteiger partial charge in [0.15, 0.2) is 0 Å². The molecule has 0 radical (unpaired) electrons. The van der Waals surface area contributed by atoms with E-state index in [1.165, 1.54) is 44.3 Å². The number of fused-ring (bicyclic) bond motifs is 2. The molecule has 0 spiro atoms. The van der Waals surface area contributed by atoms with Gasteiger partial charge in [-0.2, -0.15) is 0 Å². The van der Waals surface area contributed by atoms with Crippen LogP contribution in [0.4, 0.5) is 5.69 Å². The van der Waals surface area contributed by atoms with Crippen molar-refractivity contribution in [3.63, 3.8) is 0 Å². The van der Waals surface area contributed by atoms with Gasteiger partial charge in [0.25, 0.3) is 5.69 Å². The molecule has 3 aliphatic rings.